The Bertz CT molecular complexity index is 758. The summed E-state index contributed by atoms with van der Waals surface area (Å²) in [5.74, 6) is 0. The molecule has 0 fully saturated rings. The van der Waals surface area contributed by atoms with Crippen molar-refractivity contribution in [3.63, 3.8) is 0 Å². The van der Waals surface area contributed by atoms with E-state index in [2.05, 4.69) is 0 Å². The Morgan fingerprint density at radius 2 is 1.13 bits per heavy atom. The fourth-order valence-corrected chi connectivity index (χ4v) is 5.60. The van der Waals surface area contributed by atoms with E-state index in [1.807, 2.05) is 108 Å². The molecule has 0 bridgehead atoms. The molecule has 0 aromatic heterocycles. The molecular weight excluding hydrogens is 418 g/mol. The SMILES string of the molecule is O=P(c1ccccc1)(c1ccccc1)c1ccc(COI)cc1. The Morgan fingerprint density at radius 1 is 0.696 bits per heavy atom. The molecule has 0 unspecified atom stereocenters. The fraction of sp³-hybridized carbons (Fsp3) is 0.0526. The van der Waals surface area contributed by atoms with Gasteiger partial charge in [-0.3, -0.25) is 0 Å². The van der Waals surface area contributed by atoms with Crippen LogP contribution in [-0.4, -0.2) is 0 Å². The molecular formula is C19H16IO2P. The summed E-state index contributed by atoms with van der Waals surface area (Å²) in [6.45, 7) is 0.543. The summed E-state index contributed by atoms with van der Waals surface area (Å²) in [6.07, 6.45) is 0. The lowest BCUT2D eigenvalue weighted by Gasteiger charge is -2.20. The van der Waals surface area contributed by atoms with E-state index in [1.54, 1.807) is 0 Å². The van der Waals surface area contributed by atoms with Crippen molar-refractivity contribution >= 4 is 46.1 Å². The predicted molar refractivity (Wildman–Crippen MR) is 105 cm³/mol. The highest BCUT2D eigenvalue weighted by atomic mass is 127. The summed E-state index contributed by atoms with van der Waals surface area (Å²) < 4.78 is 19.2. The average molecular weight is 434 g/mol. The molecule has 4 heteroatoms. The highest BCUT2D eigenvalue weighted by Gasteiger charge is 2.29. The van der Waals surface area contributed by atoms with Gasteiger partial charge in [0.15, 0.2) is 7.14 Å². The molecule has 0 atom stereocenters. The Hall–Kier alpha value is -1.42. The van der Waals surface area contributed by atoms with Crippen LogP contribution in [0.1, 0.15) is 5.56 Å². The van der Waals surface area contributed by atoms with E-state index in [9.17, 15) is 4.57 Å². The van der Waals surface area contributed by atoms with Crippen molar-refractivity contribution in [2.45, 2.75) is 6.61 Å². The van der Waals surface area contributed by atoms with E-state index < -0.39 is 7.14 Å². The van der Waals surface area contributed by atoms with Crippen molar-refractivity contribution < 1.29 is 7.63 Å². The van der Waals surface area contributed by atoms with E-state index in [0.29, 0.717) is 6.61 Å². The lowest BCUT2D eigenvalue weighted by Crippen LogP contribution is -2.24. The van der Waals surface area contributed by atoms with E-state index in [1.165, 1.54) is 0 Å². The number of hydrogen-bond donors (Lipinski definition) is 0. The van der Waals surface area contributed by atoms with Gasteiger partial charge in [-0.25, -0.2) is 0 Å². The van der Waals surface area contributed by atoms with Crippen molar-refractivity contribution in [2.24, 2.45) is 0 Å². The monoisotopic (exact) mass is 434 g/mol. The standard InChI is InChI=1S/C19H16IO2P/c20-22-15-16-11-13-19(14-12-16)23(21,17-7-3-1-4-8-17)18-9-5-2-6-10-18/h1-14H,15H2. The van der Waals surface area contributed by atoms with Crippen LogP contribution in [0.25, 0.3) is 0 Å². The highest BCUT2D eigenvalue weighted by molar-refractivity contribution is 14.1. The maximum atomic E-state index is 14.1. The molecule has 0 saturated heterocycles. The van der Waals surface area contributed by atoms with Gasteiger partial charge in [-0.2, -0.15) is 0 Å². The first-order chi connectivity index (χ1) is 11.2. The molecule has 23 heavy (non-hydrogen) atoms. The second-order valence-electron chi connectivity index (χ2n) is 5.20. The Morgan fingerprint density at radius 3 is 1.57 bits per heavy atom. The van der Waals surface area contributed by atoms with Gasteiger partial charge in [0.2, 0.25) is 0 Å². The summed E-state index contributed by atoms with van der Waals surface area (Å²) in [7, 11) is -2.86. The van der Waals surface area contributed by atoms with E-state index in [0.717, 1.165) is 21.5 Å². The zero-order valence-electron chi connectivity index (χ0n) is 12.4. The summed E-state index contributed by atoms with van der Waals surface area (Å²) in [4.78, 5) is 0. The van der Waals surface area contributed by atoms with Gasteiger partial charge in [0.25, 0.3) is 0 Å². The molecule has 116 valence electrons. The lowest BCUT2D eigenvalue weighted by molar-refractivity contribution is 0.418. The quantitative estimate of drug-likeness (QED) is 0.445. The first-order valence-electron chi connectivity index (χ1n) is 7.29. The highest BCUT2D eigenvalue weighted by Crippen LogP contribution is 2.42. The van der Waals surface area contributed by atoms with Crippen molar-refractivity contribution in [3.8, 4) is 0 Å². The number of rotatable bonds is 5. The minimum absolute atomic E-state index is 0.543. The molecule has 3 aromatic rings. The minimum atomic E-state index is -2.86. The number of benzene rings is 3. The predicted octanol–water partition coefficient (Wildman–Crippen LogP) is 4.19. The van der Waals surface area contributed by atoms with Crippen LogP contribution in [0.3, 0.4) is 0 Å². The van der Waals surface area contributed by atoms with Gasteiger partial charge in [0.1, 0.15) is 23.0 Å². The van der Waals surface area contributed by atoms with Crippen molar-refractivity contribution in [1.29, 1.82) is 0 Å². The van der Waals surface area contributed by atoms with Crippen LogP contribution in [0.15, 0.2) is 84.9 Å². The fourth-order valence-electron chi connectivity index (χ4n) is 2.59. The van der Waals surface area contributed by atoms with Gasteiger partial charge in [-0.15, -0.1) is 0 Å². The maximum absolute atomic E-state index is 14.1. The van der Waals surface area contributed by atoms with Crippen LogP contribution in [0.2, 0.25) is 0 Å². The zero-order chi connectivity index (χ0) is 16.1. The molecule has 0 amide bonds. The summed E-state index contributed by atoms with van der Waals surface area (Å²) in [6, 6.07) is 27.2. The lowest BCUT2D eigenvalue weighted by atomic mass is 10.2. The second kappa shape index (κ2) is 7.43. The summed E-state index contributed by atoms with van der Waals surface area (Å²) in [5, 5.41) is 2.54. The Labute approximate surface area is 150 Å². The molecule has 0 aliphatic carbocycles. The van der Waals surface area contributed by atoms with Crippen LogP contribution >= 0.6 is 30.1 Å². The maximum Gasteiger partial charge on any atom is 0.171 e. The smallest absolute Gasteiger partial charge is 0.171 e. The van der Waals surface area contributed by atoms with Gasteiger partial charge < -0.3 is 7.63 Å². The zero-order valence-corrected chi connectivity index (χ0v) is 15.5. The second-order valence-corrected chi connectivity index (χ2v) is 8.59. The summed E-state index contributed by atoms with van der Waals surface area (Å²) in [5.41, 5.74) is 1.07. The van der Waals surface area contributed by atoms with Crippen LogP contribution in [0.4, 0.5) is 0 Å². The molecule has 0 heterocycles. The van der Waals surface area contributed by atoms with Crippen LogP contribution in [0, 0.1) is 0 Å². The van der Waals surface area contributed by atoms with E-state index in [-0.39, 0.29) is 0 Å². The number of hydrogen-bond acceptors (Lipinski definition) is 2. The number of halogens is 1. The summed E-state index contributed by atoms with van der Waals surface area (Å²) >= 11 is 1.88. The molecule has 2 nitrogen and oxygen atoms in total. The molecule has 3 rings (SSSR count). The molecule has 0 aliphatic rings. The van der Waals surface area contributed by atoms with Gasteiger partial charge in [0.05, 0.1) is 6.61 Å². The van der Waals surface area contributed by atoms with E-state index >= 15 is 0 Å². The van der Waals surface area contributed by atoms with Crippen LogP contribution in [0.5, 0.6) is 0 Å². The normalized spacial score (nSPS) is 11.3. The first kappa shape index (κ1) is 16.4. The van der Waals surface area contributed by atoms with Crippen molar-refractivity contribution in [1.82, 2.24) is 0 Å². The van der Waals surface area contributed by atoms with Crippen molar-refractivity contribution in [3.05, 3.63) is 90.5 Å². The van der Waals surface area contributed by atoms with Crippen LogP contribution < -0.4 is 15.9 Å². The van der Waals surface area contributed by atoms with Crippen LogP contribution in [-0.2, 0) is 14.2 Å². The average Bonchev–Trinajstić information content (AvgIpc) is 2.63. The third-order valence-electron chi connectivity index (χ3n) is 3.76. The third kappa shape index (κ3) is 3.42. The van der Waals surface area contributed by atoms with E-state index in [4.69, 9.17) is 3.07 Å². The van der Waals surface area contributed by atoms with Gasteiger partial charge in [-0.05, 0) is 5.56 Å². The minimum Gasteiger partial charge on any atom is -0.311 e. The topological polar surface area (TPSA) is 26.3 Å². The Kier molecular flexibility index (Phi) is 5.31. The van der Waals surface area contributed by atoms with Gasteiger partial charge in [0, 0.05) is 15.9 Å². The third-order valence-corrected chi connectivity index (χ3v) is 7.15. The molecule has 0 spiro atoms. The molecule has 0 N–H and O–H groups in total. The molecule has 0 aliphatic heterocycles. The van der Waals surface area contributed by atoms with Gasteiger partial charge >= 0.3 is 0 Å². The first-order valence-corrected chi connectivity index (χ1v) is 9.88. The molecule has 0 radical (unpaired) electrons. The molecule has 3 aromatic carbocycles. The largest absolute Gasteiger partial charge is 0.311 e. The molecule has 0 saturated carbocycles. The van der Waals surface area contributed by atoms with Gasteiger partial charge in [-0.1, -0.05) is 84.9 Å². The van der Waals surface area contributed by atoms with Crippen molar-refractivity contribution in [2.75, 3.05) is 0 Å². The Balaban J connectivity index is 2.15.